The summed E-state index contributed by atoms with van der Waals surface area (Å²) in [5, 5.41) is 0. The summed E-state index contributed by atoms with van der Waals surface area (Å²) in [6.07, 6.45) is 4.10. The molecular formula is C18H30N2O4S. The van der Waals surface area contributed by atoms with E-state index >= 15 is 0 Å². The molecule has 1 N–H and O–H groups in total. The Labute approximate surface area is 151 Å². The summed E-state index contributed by atoms with van der Waals surface area (Å²) < 4.78 is 37.5. The van der Waals surface area contributed by atoms with Gasteiger partial charge in [-0.05, 0) is 37.9 Å². The van der Waals surface area contributed by atoms with Crippen LogP contribution in [0.3, 0.4) is 0 Å². The Morgan fingerprint density at radius 3 is 2.72 bits per heavy atom. The fourth-order valence-corrected chi connectivity index (χ4v) is 4.19. The number of ether oxygens (including phenoxy) is 2. The Morgan fingerprint density at radius 2 is 2.04 bits per heavy atom. The molecule has 2 rings (SSSR count). The van der Waals surface area contributed by atoms with E-state index in [-0.39, 0.29) is 12.1 Å². The Kier molecular flexibility index (Phi) is 7.68. The number of nitrogens with one attached hydrogen (secondary N) is 1. The lowest BCUT2D eigenvalue weighted by molar-refractivity contribution is 0.0690. The third kappa shape index (κ3) is 6.58. The normalized spacial score (nSPS) is 22.5. The maximum Gasteiger partial charge on any atom is 0.209 e. The second-order valence-corrected chi connectivity index (χ2v) is 8.44. The van der Waals surface area contributed by atoms with Crippen molar-refractivity contribution in [1.29, 1.82) is 0 Å². The van der Waals surface area contributed by atoms with Crippen LogP contribution in [0.1, 0.15) is 24.8 Å². The minimum atomic E-state index is -3.25. The summed E-state index contributed by atoms with van der Waals surface area (Å²) in [5.74, 6) is 0.895. The Bertz CT molecular complexity index is 636. The van der Waals surface area contributed by atoms with Crippen molar-refractivity contribution in [1.82, 2.24) is 9.62 Å². The molecular weight excluding hydrogens is 340 g/mol. The minimum absolute atomic E-state index is 0.0164. The molecule has 142 valence electrons. The van der Waals surface area contributed by atoms with E-state index in [0.717, 1.165) is 43.7 Å². The number of methoxy groups -OCH3 is 1. The highest BCUT2D eigenvalue weighted by atomic mass is 32.2. The molecule has 0 radical (unpaired) electrons. The lowest BCUT2D eigenvalue weighted by Crippen LogP contribution is -2.53. The van der Waals surface area contributed by atoms with Gasteiger partial charge in [0.2, 0.25) is 10.0 Å². The molecule has 1 aliphatic heterocycles. The van der Waals surface area contributed by atoms with Crippen molar-refractivity contribution in [3.8, 4) is 5.75 Å². The number of para-hydroxylation sites is 1. The predicted molar refractivity (Wildman–Crippen MR) is 99.5 cm³/mol. The van der Waals surface area contributed by atoms with Gasteiger partial charge in [0.25, 0.3) is 0 Å². The largest absolute Gasteiger partial charge is 0.492 e. The van der Waals surface area contributed by atoms with Gasteiger partial charge >= 0.3 is 0 Å². The number of aryl methyl sites for hydroxylation is 1. The average Bonchev–Trinajstić information content (AvgIpc) is 2.71. The van der Waals surface area contributed by atoms with Crippen LogP contribution in [-0.2, 0) is 14.8 Å². The molecule has 25 heavy (non-hydrogen) atoms. The fourth-order valence-electron chi connectivity index (χ4n) is 3.37. The van der Waals surface area contributed by atoms with Crippen molar-refractivity contribution in [3.63, 3.8) is 0 Å². The van der Waals surface area contributed by atoms with Gasteiger partial charge in [0.15, 0.2) is 0 Å². The van der Waals surface area contributed by atoms with Crippen LogP contribution in [0.25, 0.3) is 0 Å². The number of benzene rings is 1. The lowest BCUT2D eigenvalue weighted by Gasteiger charge is -2.34. The van der Waals surface area contributed by atoms with Gasteiger partial charge in [-0.15, -0.1) is 0 Å². The molecule has 1 unspecified atom stereocenters. The third-order valence-electron chi connectivity index (χ3n) is 4.58. The van der Waals surface area contributed by atoms with Crippen molar-refractivity contribution in [2.24, 2.45) is 0 Å². The molecule has 2 atom stereocenters. The lowest BCUT2D eigenvalue weighted by atomic mass is 10.1. The highest BCUT2D eigenvalue weighted by molar-refractivity contribution is 7.88. The smallest absolute Gasteiger partial charge is 0.209 e. The van der Waals surface area contributed by atoms with Crippen molar-refractivity contribution >= 4 is 10.0 Å². The van der Waals surface area contributed by atoms with Gasteiger partial charge in [-0.2, -0.15) is 0 Å². The molecule has 7 heteroatoms. The SMILES string of the molecule is COCC1[C@@H](NS(C)(=O)=O)CCCCN1CCOc1ccccc1C. The van der Waals surface area contributed by atoms with Crippen LogP contribution in [0, 0.1) is 6.92 Å². The van der Waals surface area contributed by atoms with Crippen LogP contribution in [0.2, 0.25) is 0 Å². The second kappa shape index (κ2) is 9.52. The first-order chi connectivity index (χ1) is 11.9. The molecule has 1 aliphatic rings. The van der Waals surface area contributed by atoms with E-state index in [2.05, 4.69) is 9.62 Å². The molecule has 0 aliphatic carbocycles. The zero-order valence-corrected chi connectivity index (χ0v) is 16.2. The minimum Gasteiger partial charge on any atom is -0.492 e. The van der Waals surface area contributed by atoms with Crippen LogP contribution < -0.4 is 9.46 Å². The molecule has 0 spiro atoms. The van der Waals surface area contributed by atoms with Crippen LogP contribution in [0.15, 0.2) is 24.3 Å². The topological polar surface area (TPSA) is 67.9 Å². The van der Waals surface area contributed by atoms with Gasteiger partial charge in [-0.25, -0.2) is 13.1 Å². The van der Waals surface area contributed by atoms with Gasteiger partial charge in [0.05, 0.1) is 12.9 Å². The number of rotatable bonds is 8. The summed E-state index contributed by atoms with van der Waals surface area (Å²) >= 11 is 0. The van der Waals surface area contributed by atoms with E-state index in [4.69, 9.17) is 9.47 Å². The van der Waals surface area contributed by atoms with Crippen LogP contribution in [0.4, 0.5) is 0 Å². The van der Waals surface area contributed by atoms with Crippen LogP contribution in [0.5, 0.6) is 5.75 Å². The zero-order chi connectivity index (χ0) is 18.3. The standard InChI is InChI=1S/C18H30N2O4S/c1-15-8-4-5-10-18(15)24-13-12-20-11-7-6-9-16(17(20)14-23-2)19-25(3,21)22/h4-5,8,10,16-17,19H,6-7,9,11-14H2,1-3H3/t16-,17?/m0/s1. The Morgan fingerprint density at radius 1 is 1.28 bits per heavy atom. The molecule has 1 fully saturated rings. The fraction of sp³-hybridized carbons (Fsp3) is 0.667. The molecule has 1 heterocycles. The van der Waals surface area contributed by atoms with Gasteiger partial charge in [0.1, 0.15) is 12.4 Å². The Hall–Kier alpha value is -1.15. The number of hydrogen-bond donors (Lipinski definition) is 1. The van der Waals surface area contributed by atoms with Crippen molar-refractivity contribution in [2.45, 2.75) is 38.3 Å². The first-order valence-corrected chi connectivity index (χ1v) is 10.7. The monoisotopic (exact) mass is 370 g/mol. The van der Waals surface area contributed by atoms with E-state index in [1.54, 1.807) is 7.11 Å². The van der Waals surface area contributed by atoms with E-state index in [1.165, 1.54) is 6.26 Å². The maximum atomic E-state index is 11.7. The zero-order valence-electron chi connectivity index (χ0n) is 15.4. The van der Waals surface area contributed by atoms with Crippen LogP contribution >= 0.6 is 0 Å². The summed E-state index contributed by atoms with van der Waals surface area (Å²) in [5.41, 5.74) is 1.11. The highest BCUT2D eigenvalue weighted by Gasteiger charge is 2.31. The molecule has 0 amide bonds. The molecule has 1 aromatic carbocycles. The summed E-state index contributed by atoms with van der Waals surface area (Å²) in [4.78, 5) is 2.29. The summed E-state index contributed by atoms with van der Waals surface area (Å²) in [7, 11) is -1.59. The Balaban J connectivity index is 2.01. The van der Waals surface area contributed by atoms with Gasteiger partial charge in [-0.3, -0.25) is 4.90 Å². The number of likely N-dealkylation sites (tertiary alicyclic amines) is 1. The first-order valence-electron chi connectivity index (χ1n) is 8.79. The molecule has 0 aromatic heterocycles. The van der Waals surface area contributed by atoms with Crippen molar-refractivity contribution in [3.05, 3.63) is 29.8 Å². The predicted octanol–water partition coefficient (Wildman–Crippen LogP) is 1.79. The van der Waals surface area contributed by atoms with Gasteiger partial charge in [-0.1, -0.05) is 24.6 Å². The van der Waals surface area contributed by atoms with E-state index in [1.807, 2.05) is 31.2 Å². The van der Waals surface area contributed by atoms with E-state index < -0.39 is 10.0 Å². The van der Waals surface area contributed by atoms with Crippen LogP contribution in [-0.4, -0.2) is 65.1 Å². The number of hydrogen-bond acceptors (Lipinski definition) is 5. The number of sulfonamides is 1. The van der Waals surface area contributed by atoms with Crippen molar-refractivity contribution in [2.75, 3.05) is 39.7 Å². The molecule has 0 saturated carbocycles. The van der Waals surface area contributed by atoms with Gasteiger partial charge < -0.3 is 9.47 Å². The molecule has 1 saturated heterocycles. The van der Waals surface area contributed by atoms with Crippen molar-refractivity contribution < 1.29 is 17.9 Å². The second-order valence-electron chi connectivity index (χ2n) is 6.66. The quantitative estimate of drug-likeness (QED) is 0.756. The third-order valence-corrected chi connectivity index (χ3v) is 5.31. The molecule has 0 bridgehead atoms. The summed E-state index contributed by atoms with van der Waals surface area (Å²) in [6.45, 7) is 4.76. The molecule has 1 aromatic rings. The highest BCUT2D eigenvalue weighted by Crippen LogP contribution is 2.20. The maximum absolute atomic E-state index is 11.7. The van der Waals surface area contributed by atoms with E-state index in [9.17, 15) is 8.42 Å². The molecule has 6 nitrogen and oxygen atoms in total. The van der Waals surface area contributed by atoms with Gasteiger partial charge in [0, 0.05) is 25.7 Å². The number of nitrogens with zero attached hydrogens (tertiary/aromatic N) is 1. The van der Waals surface area contributed by atoms with E-state index in [0.29, 0.717) is 13.2 Å². The summed E-state index contributed by atoms with van der Waals surface area (Å²) in [6, 6.07) is 7.85. The first kappa shape index (κ1) is 20.2. The average molecular weight is 371 g/mol.